The molecule has 0 aromatic heterocycles. The second kappa shape index (κ2) is 23.5. The summed E-state index contributed by atoms with van der Waals surface area (Å²) in [6, 6.07) is 11.4. The van der Waals surface area contributed by atoms with Gasteiger partial charge in [-0.3, -0.25) is 28.2 Å². The van der Waals surface area contributed by atoms with E-state index >= 15 is 0 Å². The van der Waals surface area contributed by atoms with Gasteiger partial charge in [-0.1, -0.05) is 42.5 Å². The molecule has 0 saturated carbocycles. The van der Waals surface area contributed by atoms with Gasteiger partial charge in [-0.05, 0) is 57.4 Å². The van der Waals surface area contributed by atoms with Gasteiger partial charge in [-0.25, -0.2) is 9.59 Å². The van der Waals surface area contributed by atoms with Crippen molar-refractivity contribution in [3.63, 3.8) is 0 Å². The Bertz CT molecular complexity index is 1700. The zero-order valence-electron chi connectivity index (χ0n) is 33.6. The molecule has 2 rings (SSSR count). The summed E-state index contributed by atoms with van der Waals surface area (Å²) in [5.41, 5.74) is 0.375. The molecule has 18 heteroatoms. The molecular formula is C39H54N4O13S. The predicted molar refractivity (Wildman–Crippen MR) is 208 cm³/mol. The van der Waals surface area contributed by atoms with Gasteiger partial charge in [0.2, 0.25) is 24.0 Å². The molecule has 0 aliphatic carbocycles. The second-order valence-electron chi connectivity index (χ2n) is 13.9. The third-order valence-electron chi connectivity index (χ3n) is 7.71. The fourth-order valence-electron chi connectivity index (χ4n) is 5.09. The number of hydrogen-bond donors (Lipinski definition) is 3. The number of carbonyl (C=O) groups excluding carboxylic acids is 7. The van der Waals surface area contributed by atoms with Crippen LogP contribution < -0.4 is 20.7 Å². The summed E-state index contributed by atoms with van der Waals surface area (Å²) in [5.74, 6) is -3.09. The Kier molecular flexibility index (Phi) is 19.7. The Labute approximate surface area is 335 Å². The summed E-state index contributed by atoms with van der Waals surface area (Å²) in [5, 5.41) is 7.94. The average molecular weight is 819 g/mol. The van der Waals surface area contributed by atoms with E-state index in [-0.39, 0.29) is 50.3 Å². The minimum Gasteiger partial charge on any atom is -0.444 e. The van der Waals surface area contributed by atoms with Gasteiger partial charge in [-0.2, -0.15) is 0 Å². The SMILES string of the molecule is CCOC(=O)OC(C)OC(=O)CCN(C)C(=O)[C@H](Cc1ccccc1)NC(=O)[C@@H](CCS(C)=O)NC(=O)[C@H](Cc1ccc(OC(C)=O)cc1)NC(=O)OC(C)(C)C. The van der Waals surface area contributed by atoms with Crippen LogP contribution in [-0.2, 0) is 66.6 Å². The molecule has 17 nitrogen and oxygen atoms in total. The molecule has 0 spiro atoms. The molecule has 2 aromatic carbocycles. The first-order chi connectivity index (χ1) is 26.8. The average Bonchev–Trinajstić information content (AvgIpc) is 3.11. The number of likely N-dealkylation sites (N-methyl/N-ethyl adjacent to an activating group) is 1. The van der Waals surface area contributed by atoms with Crippen LogP contribution in [0.2, 0.25) is 0 Å². The number of nitrogens with zero attached hydrogens (tertiary/aromatic N) is 1. The smallest absolute Gasteiger partial charge is 0.444 e. The highest BCUT2D eigenvalue weighted by atomic mass is 32.2. The van der Waals surface area contributed by atoms with E-state index in [2.05, 4.69) is 20.7 Å². The van der Waals surface area contributed by atoms with Gasteiger partial charge < -0.3 is 44.5 Å². The molecule has 3 N–H and O–H groups in total. The number of ether oxygens (including phenoxy) is 5. The number of rotatable bonds is 20. The van der Waals surface area contributed by atoms with E-state index in [1.807, 2.05) is 0 Å². The third kappa shape index (κ3) is 19.3. The van der Waals surface area contributed by atoms with Gasteiger partial charge in [0.05, 0.1) is 13.0 Å². The summed E-state index contributed by atoms with van der Waals surface area (Å²) in [6.45, 7) is 9.08. The van der Waals surface area contributed by atoms with Crippen LogP contribution in [0.5, 0.6) is 5.75 Å². The number of hydrogen-bond acceptors (Lipinski definition) is 13. The Morgan fingerprint density at radius 2 is 1.39 bits per heavy atom. The van der Waals surface area contributed by atoms with Crippen molar-refractivity contribution in [2.24, 2.45) is 0 Å². The monoisotopic (exact) mass is 818 g/mol. The fraction of sp³-hybridized carbons (Fsp3) is 0.513. The molecule has 0 radical (unpaired) electrons. The lowest BCUT2D eigenvalue weighted by Crippen LogP contribution is -2.58. The van der Waals surface area contributed by atoms with E-state index in [9.17, 15) is 37.8 Å². The highest BCUT2D eigenvalue weighted by molar-refractivity contribution is 7.84. The van der Waals surface area contributed by atoms with Crippen LogP contribution in [0.3, 0.4) is 0 Å². The van der Waals surface area contributed by atoms with E-state index in [1.54, 1.807) is 70.2 Å². The highest BCUT2D eigenvalue weighted by Crippen LogP contribution is 2.15. The third-order valence-corrected chi connectivity index (χ3v) is 8.52. The van der Waals surface area contributed by atoms with Crippen molar-refractivity contribution in [2.75, 3.05) is 32.2 Å². The molecule has 0 fully saturated rings. The number of esters is 2. The van der Waals surface area contributed by atoms with Crippen molar-refractivity contribution in [1.82, 2.24) is 20.9 Å². The minimum absolute atomic E-state index is 0.0117. The first-order valence-electron chi connectivity index (χ1n) is 18.3. The maximum Gasteiger partial charge on any atom is 0.511 e. The normalized spacial score (nSPS) is 13.6. The molecule has 2 aromatic rings. The molecule has 2 unspecified atom stereocenters. The van der Waals surface area contributed by atoms with Gasteiger partial charge in [0.1, 0.15) is 29.5 Å². The number of nitrogens with one attached hydrogen (secondary N) is 3. The van der Waals surface area contributed by atoms with Crippen LogP contribution in [0, 0.1) is 0 Å². The zero-order chi connectivity index (χ0) is 42.7. The van der Waals surface area contributed by atoms with Crippen molar-refractivity contribution in [3.05, 3.63) is 65.7 Å². The van der Waals surface area contributed by atoms with Crippen LogP contribution in [-0.4, -0.2) is 113 Å². The Balaban J connectivity index is 2.31. The van der Waals surface area contributed by atoms with E-state index in [0.717, 1.165) is 0 Å². The van der Waals surface area contributed by atoms with E-state index in [0.29, 0.717) is 11.1 Å². The van der Waals surface area contributed by atoms with Crippen LogP contribution in [0.25, 0.3) is 0 Å². The maximum absolute atomic E-state index is 14.0. The van der Waals surface area contributed by atoms with Crippen LogP contribution in [0.1, 0.15) is 65.5 Å². The van der Waals surface area contributed by atoms with Crippen LogP contribution in [0.15, 0.2) is 54.6 Å². The fourth-order valence-corrected chi connectivity index (χ4v) is 5.66. The molecule has 314 valence electrons. The Hall–Kier alpha value is -5.52. The summed E-state index contributed by atoms with van der Waals surface area (Å²) in [4.78, 5) is 91.1. The molecule has 0 bridgehead atoms. The van der Waals surface area contributed by atoms with Crippen molar-refractivity contribution in [2.45, 2.75) is 97.2 Å². The second-order valence-corrected chi connectivity index (χ2v) is 15.4. The number of benzene rings is 2. The first-order valence-corrected chi connectivity index (χ1v) is 20.0. The first kappa shape index (κ1) is 47.6. The van der Waals surface area contributed by atoms with Crippen LogP contribution in [0.4, 0.5) is 9.59 Å². The van der Waals surface area contributed by atoms with Crippen molar-refractivity contribution < 1.29 is 61.5 Å². The van der Waals surface area contributed by atoms with Crippen LogP contribution >= 0.6 is 0 Å². The Morgan fingerprint density at radius 3 is 1.96 bits per heavy atom. The Morgan fingerprint density at radius 1 is 0.807 bits per heavy atom. The molecule has 0 aliphatic rings. The largest absolute Gasteiger partial charge is 0.511 e. The highest BCUT2D eigenvalue weighted by Gasteiger charge is 2.32. The number of alkyl carbamates (subject to hydrolysis) is 1. The molecular weight excluding hydrogens is 765 g/mol. The standard InChI is InChI=1S/C39H54N4O13S/c1-9-52-38(50)55-26(3)54-33(45)19-21-43(7)36(48)32(24-27-13-11-10-12-14-27)41-34(46)30(20-22-57(8)51)40-35(47)31(42-37(49)56-39(4,5)6)23-28-15-17-29(18-16-28)53-25(2)44/h10-18,26,30-32H,9,19-24H2,1-8H3,(H,40,47)(H,41,46)(H,42,49)/t26?,30-,31+,32+,57?/m1/s1. The van der Waals surface area contributed by atoms with Gasteiger partial charge in [0, 0.05) is 63.1 Å². The van der Waals surface area contributed by atoms with E-state index < -0.39 is 82.7 Å². The predicted octanol–water partition coefficient (Wildman–Crippen LogP) is 2.94. The molecule has 0 heterocycles. The molecule has 57 heavy (non-hydrogen) atoms. The lowest BCUT2D eigenvalue weighted by Gasteiger charge is -2.28. The summed E-state index contributed by atoms with van der Waals surface area (Å²) >= 11 is 0. The van der Waals surface area contributed by atoms with E-state index in [1.165, 1.54) is 44.2 Å². The number of amides is 4. The van der Waals surface area contributed by atoms with Crippen molar-refractivity contribution >= 4 is 52.7 Å². The van der Waals surface area contributed by atoms with Crippen molar-refractivity contribution in [1.29, 1.82) is 0 Å². The minimum atomic E-state index is -1.37. The number of carbonyl (C=O) groups is 7. The molecule has 0 saturated heterocycles. The summed E-state index contributed by atoms with van der Waals surface area (Å²) in [7, 11) is 0.0599. The lowest BCUT2D eigenvalue weighted by atomic mass is 10.0. The van der Waals surface area contributed by atoms with Gasteiger partial charge in [0.15, 0.2) is 0 Å². The van der Waals surface area contributed by atoms with Gasteiger partial charge in [0.25, 0.3) is 0 Å². The van der Waals surface area contributed by atoms with Gasteiger partial charge in [-0.15, -0.1) is 0 Å². The van der Waals surface area contributed by atoms with Gasteiger partial charge >= 0.3 is 24.2 Å². The molecule has 4 amide bonds. The zero-order valence-corrected chi connectivity index (χ0v) is 34.4. The van der Waals surface area contributed by atoms with Crippen molar-refractivity contribution in [3.8, 4) is 5.75 Å². The topological polar surface area (TPSA) is 222 Å². The maximum atomic E-state index is 14.0. The lowest BCUT2D eigenvalue weighted by molar-refractivity contribution is -0.168. The summed E-state index contributed by atoms with van der Waals surface area (Å²) < 4.78 is 37.2. The molecule has 0 aliphatic heterocycles. The van der Waals surface area contributed by atoms with E-state index in [4.69, 9.17) is 18.9 Å². The quantitative estimate of drug-likeness (QED) is 0.0758. The molecule has 5 atom stereocenters. The summed E-state index contributed by atoms with van der Waals surface area (Å²) in [6.07, 6.45) is -2.08.